The minimum Gasteiger partial charge on any atom is -0.379 e. The summed E-state index contributed by atoms with van der Waals surface area (Å²) in [6.07, 6.45) is 4.05. The number of amides is 1. The zero-order valence-corrected chi connectivity index (χ0v) is 16.6. The Morgan fingerprint density at radius 3 is 2.85 bits per heavy atom. The summed E-state index contributed by atoms with van der Waals surface area (Å²) in [6.45, 7) is 7.32. The van der Waals surface area contributed by atoms with E-state index in [0.717, 1.165) is 76.5 Å². The summed E-state index contributed by atoms with van der Waals surface area (Å²) < 4.78 is 7.16. The van der Waals surface area contributed by atoms with Crippen molar-refractivity contribution < 1.29 is 9.53 Å². The molecule has 2 aliphatic rings. The molecule has 0 radical (unpaired) electrons. The smallest absolute Gasteiger partial charge is 0.262 e. The van der Waals surface area contributed by atoms with Gasteiger partial charge in [0.1, 0.15) is 10.7 Å². The molecule has 2 aliphatic heterocycles. The Hall–Kier alpha value is -1.77. The normalized spacial score (nSPS) is 18.3. The Kier molecular flexibility index (Phi) is 5.56. The van der Waals surface area contributed by atoms with Gasteiger partial charge in [-0.15, -0.1) is 11.3 Å². The Labute approximate surface area is 162 Å². The maximum absolute atomic E-state index is 13.0. The third-order valence-electron chi connectivity index (χ3n) is 5.44. The van der Waals surface area contributed by atoms with Crippen molar-refractivity contribution in [3.63, 3.8) is 0 Å². The molecule has 2 aromatic rings. The molecule has 27 heavy (non-hydrogen) atoms. The van der Waals surface area contributed by atoms with Gasteiger partial charge in [0, 0.05) is 39.1 Å². The van der Waals surface area contributed by atoms with Crippen LogP contribution in [0.1, 0.15) is 40.3 Å². The van der Waals surface area contributed by atoms with Crippen LogP contribution in [0.25, 0.3) is 10.2 Å². The summed E-state index contributed by atoms with van der Waals surface area (Å²) >= 11 is 1.34. The van der Waals surface area contributed by atoms with E-state index in [0.29, 0.717) is 21.6 Å². The van der Waals surface area contributed by atoms with E-state index in [1.165, 1.54) is 11.3 Å². The van der Waals surface area contributed by atoms with Gasteiger partial charge in [-0.2, -0.15) is 0 Å². The van der Waals surface area contributed by atoms with Crippen molar-refractivity contribution in [2.24, 2.45) is 0 Å². The number of aryl methyl sites for hydroxylation is 2. The van der Waals surface area contributed by atoms with Gasteiger partial charge >= 0.3 is 0 Å². The first-order valence-corrected chi connectivity index (χ1v) is 10.6. The van der Waals surface area contributed by atoms with Crippen LogP contribution in [0.4, 0.5) is 0 Å². The molecular weight excluding hydrogens is 364 g/mol. The molecular formula is C19H26N4O3S. The summed E-state index contributed by atoms with van der Waals surface area (Å²) in [4.78, 5) is 34.0. The van der Waals surface area contributed by atoms with Crippen molar-refractivity contribution >= 4 is 27.5 Å². The second kappa shape index (κ2) is 8.08. The van der Waals surface area contributed by atoms with Crippen molar-refractivity contribution in [1.29, 1.82) is 0 Å². The molecule has 7 nitrogen and oxygen atoms in total. The topological polar surface area (TPSA) is 76.5 Å². The van der Waals surface area contributed by atoms with Crippen LogP contribution in [0.15, 0.2) is 4.79 Å². The number of fused-ring (bicyclic) bond motifs is 2. The maximum atomic E-state index is 13.0. The fourth-order valence-electron chi connectivity index (χ4n) is 3.86. The fourth-order valence-corrected chi connectivity index (χ4v) is 4.97. The fraction of sp³-hybridized carbons (Fsp3) is 0.632. The van der Waals surface area contributed by atoms with Crippen molar-refractivity contribution in [1.82, 2.24) is 19.8 Å². The average molecular weight is 391 g/mol. The second-order valence-corrected chi connectivity index (χ2v) is 8.24. The number of ether oxygens (including phenoxy) is 1. The lowest BCUT2D eigenvalue weighted by molar-refractivity contribution is 0.0383. The number of hydrogen-bond donors (Lipinski definition) is 1. The van der Waals surface area contributed by atoms with Gasteiger partial charge in [0.15, 0.2) is 0 Å². The lowest BCUT2D eigenvalue weighted by Gasteiger charge is -2.26. The average Bonchev–Trinajstić information content (AvgIpc) is 2.85. The largest absolute Gasteiger partial charge is 0.379 e. The molecule has 0 saturated carbocycles. The molecule has 4 rings (SSSR count). The van der Waals surface area contributed by atoms with Gasteiger partial charge in [0.25, 0.3) is 11.5 Å². The van der Waals surface area contributed by atoms with Gasteiger partial charge in [-0.1, -0.05) is 6.42 Å². The van der Waals surface area contributed by atoms with E-state index in [9.17, 15) is 9.59 Å². The number of carbonyl (C=O) groups excluding carboxylic acids is 1. The summed E-state index contributed by atoms with van der Waals surface area (Å²) in [5.74, 6) is 0.758. The zero-order valence-electron chi connectivity index (χ0n) is 15.8. The monoisotopic (exact) mass is 390 g/mol. The molecule has 0 aliphatic carbocycles. The van der Waals surface area contributed by atoms with Crippen LogP contribution >= 0.6 is 11.3 Å². The van der Waals surface area contributed by atoms with E-state index in [-0.39, 0.29) is 11.5 Å². The van der Waals surface area contributed by atoms with Crippen molar-refractivity contribution in [2.45, 2.75) is 39.2 Å². The summed E-state index contributed by atoms with van der Waals surface area (Å²) in [7, 11) is 0. The van der Waals surface area contributed by atoms with Gasteiger partial charge in [-0.25, -0.2) is 4.98 Å². The van der Waals surface area contributed by atoms with Crippen molar-refractivity contribution in [3.05, 3.63) is 26.6 Å². The predicted octanol–water partition coefficient (Wildman–Crippen LogP) is 1.55. The second-order valence-electron chi connectivity index (χ2n) is 7.24. The van der Waals surface area contributed by atoms with Gasteiger partial charge in [0.05, 0.1) is 23.5 Å². The Morgan fingerprint density at radius 1 is 1.22 bits per heavy atom. The van der Waals surface area contributed by atoms with E-state index in [4.69, 9.17) is 9.72 Å². The highest BCUT2D eigenvalue weighted by Crippen LogP contribution is 2.28. The van der Waals surface area contributed by atoms with Crippen LogP contribution < -0.4 is 10.9 Å². The van der Waals surface area contributed by atoms with Crippen LogP contribution in [-0.4, -0.2) is 59.8 Å². The number of morpholine rings is 1. The first-order chi connectivity index (χ1) is 13.1. The number of nitrogens with one attached hydrogen (secondary N) is 1. The molecule has 1 fully saturated rings. The summed E-state index contributed by atoms with van der Waals surface area (Å²) in [5, 5.41) is 3.61. The quantitative estimate of drug-likeness (QED) is 0.857. The molecule has 0 bridgehead atoms. The number of aromatic nitrogens is 2. The number of thiophene rings is 1. The molecule has 4 heterocycles. The number of nitrogens with zero attached hydrogens (tertiary/aromatic N) is 3. The minimum atomic E-state index is -0.108. The first-order valence-electron chi connectivity index (χ1n) is 9.76. The molecule has 0 spiro atoms. The first kappa shape index (κ1) is 18.6. The Bertz CT molecular complexity index is 898. The van der Waals surface area contributed by atoms with Gasteiger partial charge < -0.3 is 10.1 Å². The highest BCUT2D eigenvalue weighted by Gasteiger charge is 2.22. The summed E-state index contributed by atoms with van der Waals surface area (Å²) in [6, 6.07) is 0. The molecule has 1 amide bonds. The molecule has 0 unspecified atom stereocenters. The highest BCUT2D eigenvalue weighted by atomic mass is 32.1. The molecule has 146 valence electrons. The van der Waals surface area contributed by atoms with Crippen LogP contribution in [0.2, 0.25) is 0 Å². The van der Waals surface area contributed by atoms with Crippen LogP contribution in [0.5, 0.6) is 0 Å². The van der Waals surface area contributed by atoms with Crippen molar-refractivity contribution in [2.75, 3.05) is 39.4 Å². The predicted molar refractivity (Wildman–Crippen MR) is 106 cm³/mol. The van der Waals surface area contributed by atoms with E-state index >= 15 is 0 Å². The lowest BCUT2D eigenvalue weighted by atomic mass is 10.2. The Morgan fingerprint density at radius 2 is 2.04 bits per heavy atom. The van der Waals surface area contributed by atoms with E-state index in [2.05, 4.69) is 10.2 Å². The van der Waals surface area contributed by atoms with Gasteiger partial charge in [0.2, 0.25) is 0 Å². The minimum absolute atomic E-state index is 0.0121. The van der Waals surface area contributed by atoms with Gasteiger partial charge in [-0.05, 0) is 25.3 Å². The maximum Gasteiger partial charge on any atom is 0.262 e. The van der Waals surface area contributed by atoms with Crippen LogP contribution in [0.3, 0.4) is 0 Å². The molecule has 8 heteroatoms. The molecule has 2 aromatic heterocycles. The molecule has 1 N–H and O–H groups in total. The third kappa shape index (κ3) is 3.79. The molecule has 0 atom stereocenters. The lowest BCUT2D eigenvalue weighted by Crippen LogP contribution is -2.41. The number of carbonyl (C=O) groups is 1. The Balaban J connectivity index is 1.53. The molecule has 1 saturated heterocycles. The van der Waals surface area contributed by atoms with Gasteiger partial charge in [-0.3, -0.25) is 19.1 Å². The third-order valence-corrected chi connectivity index (χ3v) is 6.62. The number of rotatable bonds is 4. The summed E-state index contributed by atoms with van der Waals surface area (Å²) in [5.41, 5.74) is 0.772. The zero-order chi connectivity index (χ0) is 18.8. The van der Waals surface area contributed by atoms with E-state index in [1.54, 1.807) is 0 Å². The standard InChI is InChI=1S/C19H26N4O3S/c1-13-15-18(21-14-5-3-2-4-7-23(14)19(15)25)27-16(13)17(24)20-6-8-22-9-11-26-12-10-22/h2-12H2,1H3,(H,20,24). The van der Waals surface area contributed by atoms with Crippen LogP contribution in [0, 0.1) is 6.92 Å². The highest BCUT2D eigenvalue weighted by molar-refractivity contribution is 7.20. The van der Waals surface area contributed by atoms with E-state index in [1.807, 2.05) is 11.5 Å². The molecule has 0 aromatic carbocycles. The SMILES string of the molecule is Cc1c(C(=O)NCCN2CCOCC2)sc2nc3n(c(=O)c12)CCCCC3. The van der Waals surface area contributed by atoms with Crippen molar-refractivity contribution in [3.8, 4) is 0 Å². The van der Waals surface area contributed by atoms with E-state index < -0.39 is 0 Å². The van der Waals surface area contributed by atoms with Crippen LogP contribution in [-0.2, 0) is 17.7 Å². The number of hydrogen-bond acceptors (Lipinski definition) is 6.